The number of carboxylic acids is 1. The van der Waals surface area contributed by atoms with Crippen molar-refractivity contribution in [2.24, 2.45) is 0 Å². The third-order valence-electron chi connectivity index (χ3n) is 0.893. The van der Waals surface area contributed by atoms with E-state index in [2.05, 4.69) is 5.10 Å². The fourth-order valence-electron chi connectivity index (χ4n) is 0.450. The van der Waals surface area contributed by atoms with Crippen molar-refractivity contribution in [3.05, 3.63) is 16.0 Å². The molecule has 1 heterocycles. The molecule has 0 fully saturated rings. The van der Waals surface area contributed by atoms with Gasteiger partial charge >= 0.3 is 11.5 Å². The van der Waals surface area contributed by atoms with Crippen LogP contribution >= 0.6 is 0 Å². The summed E-state index contributed by atoms with van der Waals surface area (Å²) in [6, 6.07) is 0. The summed E-state index contributed by atoms with van der Waals surface area (Å²) in [5.74, 6) is 3.50. The molecule has 0 aliphatic heterocycles. The minimum Gasteiger partial charge on any atom is -0.476 e. The van der Waals surface area contributed by atoms with E-state index in [0.717, 1.165) is 0 Å². The summed E-state index contributed by atoms with van der Waals surface area (Å²) in [5.41, 5.74) is -1.46. The van der Waals surface area contributed by atoms with Crippen molar-refractivity contribution in [2.75, 3.05) is 5.84 Å². The average molecular weight is 144 g/mol. The van der Waals surface area contributed by atoms with Gasteiger partial charge in [0.1, 0.15) is 0 Å². The second kappa shape index (κ2) is 1.87. The molecular weight excluding hydrogens is 140 g/mol. The molecule has 10 heavy (non-hydrogen) atoms. The number of aromatic amines is 1. The average Bonchev–Trinajstić information content (AvgIpc) is 2.14. The normalized spacial score (nSPS) is 9.60. The van der Waals surface area contributed by atoms with Crippen molar-refractivity contribution in [1.29, 1.82) is 0 Å². The van der Waals surface area contributed by atoms with Crippen LogP contribution in [0.15, 0.2) is 4.79 Å². The summed E-state index contributed by atoms with van der Waals surface area (Å²) in [4.78, 5) is 21.1. The minimum atomic E-state index is -1.40. The Labute approximate surface area is 54.0 Å². The minimum absolute atomic E-state index is 0.490. The molecule has 7 nitrogen and oxygen atoms in total. The van der Waals surface area contributed by atoms with E-state index in [1.807, 2.05) is 5.21 Å². The summed E-state index contributed by atoms with van der Waals surface area (Å²) >= 11 is 0. The molecule has 1 aromatic rings. The van der Waals surface area contributed by atoms with Gasteiger partial charge in [0.2, 0.25) is 5.69 Å². The van der Waals surface area contributed by atoms with Crippen LogP contribution in [0.4, 0.5) is 0 Å². The van der Waals surface area contributed by atoms with E-state index in [1.165, 1.54) is 0 Å². The van der Waals surface area contributed by atoms with E-state index < -0.39 is 17.2 Å². The number of carbonyl (C=O) groups is 1. The summed E-state index contributed by atoms with van der Waals surface area (Å²) in [6.45, 7) is 0. The first-order chi connectivity index (χ1) is 4.63. The maximum atomic E-state index is 10.6. The predicted molar refractivity (Wildman–Crippen MR) is 30.0 cm³/mol. The van der Waals surface area contributed by atoms with Crippen molar-refractivity contribution < 1.29 is 9.90 Å². The van der Waals surface area contributed by atoms with Gasteiger partial charge in [-0.25, -0.2) is 4.79 Å². The molecule has 54 valence electrons. The van der Waals surface area contributed by atoms with Crippen molar-refractivity contribution in [3.8, 4) is 0 Å². The number of H-pyrrole nitrogens is 1. The zero-order valence-electron chi connectivity index (χ0n) is 4.74. The summed E-state index contributed by atoms with van der Waals surface area (Å²) in [6.07, 6.45) is 0. The first-order valence-corrected chi connectivity index (χ1v) is 2.28. The number of nitrogens with one attached hydrogen (secondary N) is 1. The van der Waals surface area contributed by atoms with Crippen molar-refractivity contribution in [3.63, 3.8) is 0 Å². The lowest BCUT2D eigenvalue weighted by Crippen LogP contribution is -2.27. The topological polar surface area (TPSA) is 114 Å². The second-order valence-corrected chi connectivity index (χ2v) is 1.54. The van der Waals surface area contributed by atoms with E-state index in [1.54, 1.807) is 0 Å². The molecule has 0 unspecified atom stereocenters. The zero-order valence-corrected chi connectivity index (χ0v) is 4.74. The van der Waals surface area contributed by atoms with Crippen LogP contribution in [-0.2, 0) is 0 Å². The van der Waals surface area contributed by atoms with E-state index in [4.69, 9.17) is 10.9 Å². The Morgan fingerprint density at radius 1 is 1.80 bits per heavy atom. The van der Waals surface area contributed by atoms with Crippen molar-refractivity contribution in [2.45, 2.75) is 0 Å². The predicted octanol–water partition coefficient (Wildman–Crippen LogP) is -2.02. The van der Waals surface area contributed by atoms with Crippen LogP contribution in [0, 0.1) is 0 Å². The van der Waals surface area contributed by atoms with Gasteiger partial charge in [-0.15, -0.1) is 9.89 Å². The Morgan fingerprint density at radius 2 is 2.40 bits per heavy atom. The molecule has 0 saturated carbocycles. The van der Waals surface area contributed by atoms with Gasteiger partial charge in [-0.2, -0.15) is 5.21 Å². The Hall–Kier alpha value is -1.79. The lowest BCUT2D eigenvalue weighted by Gasteiger charge is -1.80. The largest absolute Gasteiger partial charge is 0.476 e. The van der Waals surface area contributed by atoms with Crippen LogP contribution in [0.2, 0.25) is 0 Å². The van der Waals surface area contributed by atoms with Gasteiger partial charge < -0.3 is 10.9 Å². The highest BCUT2D eigenvalue weighted by Crippen LogP contribution is 1.78. The fraction of sp³-hybridized carbons (Fsp3) is 0. The van der Waals surface area contributed by atoms with E-state index in [-0.39, 0.29) is 0 Å². The first kappa shape index (κ1) is 6.33. The molecule has 7 heteroatoms. The number of aromatic nitrogens is 3. The number of hydrogen-bond acceptors (Lipinski definition) is 4. The molecule has 0 aliphatic carbocycles. The van der Waals surface area contributed by atoms with Gasteiger partial charge in [-0.3, -0.25) is 4.79 Å². The second-order valence-electron chi connectivity index (χ2n) is 1.54. The molecule has 0 saturated heterocycles. The third-order valence-corrected chi connectivity index (χ3v) is 0.893. The number of aromatic carboxylic acids is 1. The molecular formula is C3H4N4O3. The highest BCUT2D eigenvalue weighted by atomic mass is 16.4. The molecule has 0 aromatic carbocycles. The van der Waals surface area contributed by atoms with Crippen molar-refractivity contribution >= 4 is 5.97 Å². The Kier molecular flexibility index (Phi) is 1.18. The highest BCUT2D eigenvalue weighted by Gasteiger charge is 2.12. The number of rotatable bonds is 1. The lowest BCUT2D eigenvalue weighted by atomic mass is 10.5. The molecule has 0 amide bonds. The number of nitrogens with two attached hydrogens (primary N) is 1. The molecule has 0 bridgehead atoms. The lowest BCUT2D eigenvalue weighted by molar-refractivity contribution is 0.0689. The monoisotopic (exact) mass is 144 g/mol. The SMILES string of the molecule is Nn1[nH]nc(C(=O)O)c1=O. The molecule has 1 aromatic heterocycles. The number of hydrogen-bond donors (Lipinski definition) is 3. The van der Waals surface area contributed by atoms with Gasteiger partial charge in [-0.1, -0.05) is 0 Å². The van der Waals surface area contributed by atoms with Crippen LogP contribution in [-0.4, -0.2) is 26.2 Å². The smallest absolute Gasteiger partial charge is 0.362 e. The Morgan fingerprint density at radius 3 is 2.60 bits per heavy atom. The molecule has 0 spiro atoms. The van der Waals surface area contributed by atoms with Gasteiger partial charge in [0.25, 0.3) is 0 Å². The molecule has 1 rings (SSSR count). The van der Waals surface area contributed by atoms with Gasteiger partial charge in [0.15, 0.2) is 0 Å². The summed E-state index contributed by atoms with van der Waals surface area (Å²) in [5, 5.41) is 13.3. The first-order valence-electron chi connectivity index (χ1n) is 2.28. The van der Waals surface area contributed by atoms with E-state index in [9.17, 15) is 9.59 Å². The number of nitrogen functional groups attached to an aromatic ring is 1. The Bertz CT molecular complexity index is 310. The number of nitrogens with zero attached hydrogens (tertiary/aromatic N) is 2. The van der Waals surface area contributed by atoms with Crippen LogP contribution in [0.5, 0.6) is 0 Å². The molecule has 0 atom stereocenters. The van der Waals surface area contributed by atoms with Crippen LogP contribution in [0.1, 0.15) is 10.5 Å². The standard InChI is InChI=1S/C3H4N4O3/c4-7-2(8)1(3(9)10)5-6-7/h6H,4H2,(H,9,10). The highest BCUT2D eigenvalue weighted by molar-refractivity contribution is 5.84. The zero-order chi connectivity index (χ0) is 7.72. The van der Waals surface area contributed by atoms with Gasteiger partial charge in [-0.05, 0) is 0 Å². The maximum absolute atomic E-state index is 10.6. The maximum Gasteiger partial charge on any atom is 0.362 e. The van der Waals surface area contributed by atoms with Gasteiger partial charge in [0.05, 0.1) is 0 Å². The van der Waals surface area contributed by atoms with Gasteiger partial charge in [0, 0.05) is 0 Å². The van der Waals surface area contributed by atoms with Crippen LogP contribution in [0.25, 0.3) is 0 Å². The van der Waals surface area contributed by atoms with E-state index >= 15 is 0 Å². The van der Waals surface area contributed by atoms with E-state index in [0.29, 0.717) is 4.79 Å². The molecule has 0 aliphatic rings. The number of carboxylic acid groups (broad SMARTS) is 1. The third kappa shape index (κ3) is 0.729. The van der Waals surface area contributed by atoms with Crippen LogP contribution in [0.3, 0.4) is 0 Å². The summed E-state index contributed by atoms with van der Waals surface area (Å²) < 4.78 is 0. The van der Waals surface area contributed by atoms with Crippen LogP contribution < -0.4 is 11.4 Å². The molecule has 0 radical (unpaired) electrons. The Balaban J connectivity index is 3.32. The molecule has 4 N–H and O–H groups in total. The summed E-state index contributed by atoms with van der Waals surface area (Å²) in [7, 11) is 0. The van der Waals surface area contributed by atoms with Crippen molar-refractivity contribution in [1.82, 2.24) is 15.1 Å². The fourth-order valence-corrected chi connectivity index (χ4v) is 0.450. The quantitative estimate of drug-likeness (QED) is 0.394.